The summed E-state index contributed by atoms with van der Waals surface area (Å²) in [5.41, 5.74) is 1.98. The number of nitro groups is 1. The van der Waals surface area contributed by atoms with Gasteiger partial charge in [0.05, 0.1) is 10.6 Å². The number of rotatable bonds is 2. The van der Waals surface area contributed by atoms with Crippen LogP contribution in [0.25, 0.3) is 27.5 Å². The molecule has 106 valence electrons. The number of non-ortho nitro benzene ring substituents is 1. The van der Waals surface area contributed by atoms with Crippen LogP contribution in [0.4, 0.5) is 5.69 Å². The average Bonchev–Trinajstić information content (AvgIpc) is 2.97. The van der Waals surface area contributed by atoms with E-state index in [-0.39, 0.29) is 5.69 Å². The lowest BCUT2D eigenvalue weighted by Gasteiger charge is -2.04. The average molecular weight is 290 g/mol. The monoisotopic (exact) mass is 290 g/mol. The van der Waals surface area contributed by atoms with Crippen LogP contribution in [0, 0.1) is 10.1 Å². The summed E-state index contributed by atoms with van der Waals surface area (Å²) in [5, 5.41) is 21.8. The lowest BCUT2D eigenvalue weighted by Crippen LogP contribution is -1.99. The van der Waals surface area contributed by atoms with Gasteiger partial charge >= 0.3 is 0 Å². The van der Waals surface area contributed by atoms with E-state index in [9.17, 15) is 10.1 Å². The molecule has 1 heterocycles. The standard InChI is InChI=1S/C16H10N4O2/c21-20(22)12-8-9-14-15(10-12)18-19(17-14)16-7-3-5-11-4-1-2-6-13(11)16/h1-10H. The number of nitrogens with zero attached hydrogens (tertiary/aromatic N) is 4. The first kappa shape index (κ1) is 12.5. The van der Waals surface area contributed by atoms with Gasteiger partial charge in [-0.2, -0.15) is 0 Å². The van der Waals surface area contributed by atoms with Crippen LogP contribution in [-0.4, -0.2) is 19.9 Å². The lowest BCUT2D eigenvalue weighted by molar-refractivity contribution is -0.384. The van der Waals surface area contributed by atoms with E-state index in [2.05, 4.69) is 10.2 Å². The molecule has 0 amide bonds. The second kappa shape index (κ2) is 4.63. The van der Waals surface area contributed by atoms with E-state index >= 15 is 0 Å². The maximum atomic E-state index is 10.8. The van der Waals surface area contributed by atoms with Crippen molar-refractivity contribution in [2.24, 2.45) is 0 Å². The van der Waals surface area contributed by atoms with Gasteiger partial charge in [0.1, 0.15) is 11.0 Å². The van der Waals surface area contributed by atoms with Gasteiger partial charge in [-0.15, -0.1) is 15.0 Å². The Labute approximate surface area is 124 Å². The number of fused-ring (bicyclic) bond motifs is 2. The molecule has 0 aliphatic carbocycles. The maximum Gasteiger partial charge on any atom is 0.271 e. The molecule has 4 aromatic rings. The summed E-state index contributed by atoms with van der Waals surface area (Å²) in [6, 6.07) is 18.3. The van der Waals surface area contributed by atoms with Crippen molar-refractivity contribution in [2.45, 2.75) is 0 Å². The Balaban J connectivity index is 1.95. The van der Waals surface area contributed by atoms with Gasteiger partial charge in [0.25, 0.3) is 5.69 Å². The molecule has 6 heteroatoms. The maximum absolute atomic E-state index is 10.8. The van der Waals surface area contributed by atoms with E-state index in [0.29, 0.717) is 11.0 Å². The summed E-state index contributed by atoms with van der Waals surface area (Å²) in [7, 11) is 0. The molecule has 0 saturated carbocycles. The van der Waals surface area contributed by atoms with Gasteiger partial charge in [-0.05, 0) is 17.5 Å². The molecule has 0 radical (unpaired) electrons. The Kier molecular flexibility index (Phi) is 2.62. The highest BCUT2D eigenvalue weighted by Crippen LogP contribution is 2.23. The summed E-state index contributed by atoms with van der Waals surface area (Å²) >= 11 is 0. The Morgan fingerprint density at radius 1 is 0.909 bits per heavy atom. The highest BCUT2D eigenvalue weighted by Gasteiger charge is 2.12. The smallest absolute Gasteiger partial charge is 0.258 e. The molecule has 0 unspecified atom stereocenters. The Hall–Kier alpha value is -3.28. The molecule has 0 bridgehead atoms. The van der Waals surface area contributed by atoms with Crippen LogP contribution in [0.15, 0.2) is 60.7 Å². The van der Waals surface area contributed by atoms with Crippen LogP contribution in [-0.2, 0) is 0 Å². The van der Waals surface area contributed by atoms with Gasteiger partial charge in [0.15, 0.2) is 0 Å². The fourth-order valence-electron chi connectivity index (χ4n) is 2.51. The molecular weight excluding hydrogens is 280 g/mol. The first-order chi connectivity index (χ1) is 10.7. The Morgan fingerprint density at radius 3 is 2.55 bits per heavy atom. The topological polar surface area (TPSA) is 73.8 Å². The summed E-state index contributed by atoms with van der Waals surface area (Å²) < 4.78 is 0. The second-order valence-corrected chi connectivity index (χ2v) is 4.92. The van der Waals surface area contributed by atoms with Crippen molar-refractivity contribution in [1.82, 2.24) is 15.0 Å². The first-order valence-corrected chi connectivity index (χ1v) is 6.72. The zero-order chi connectivity index (χ0) is 15.1. The molecule has 0 atom stereocenters. The summed E-state index contributed by atoms with van der Waals surface area (Å²) in [5.74, 6) is 0. The SMILES string of the molecule is O=[N+]([O-])c1ccc2nn(-c3cccc4ccccc34)nc2c1. The van der Waals surface area contributed by atoms with Crippen molar-refractivity contribution in [3.05, 3.63) is 70.8 Å². The van der Waals surface area contributed by atoms with Gasteiger partial charge in [0, 0.05) is 17.5 Å². The van der Waals surface area contributed by atoms with Crippen molar-refractivity contribution in [2.75, 3.05) is 0 Å². The highest BCUT2D eigenvalue weighted by atomic mass is 16.6. The van der Waals surface area contributed by atoms with Gasteiger partial charge in [-0.1, -0.05) is 36.4 Å². The summed E-state index contributed by atoms with van der Waals surface area (Å²) in [6.07, 6.45) is 0. The predicted molar refractivity (Wildman–Crippen MR) is 83.0 cm³/mol. The third-order valence-electron chi connectivity index (χ3n) is 3.56. The van der Waals surface area contributed by atoms with Crippen LogP contribution in [0.5, 0.6) is 0 Å². The molecule has 0 spiro atoms. The Bertz CT molecular complexity index is 1020. The molecular formula is C16H10N4O2. The van der Waals surface area contributed by atoms with Gasteiger partial charge < -0.3 is 0 Å². The normalized spacial score (nSPS) is 11.1. The van der Waals surface area contributed by atoms with E-state index in [1.54, 1.807) is 6.07 Å². The molecule has 4 rings (SSSR count). The summed E-state index contributed by atoms with van der Waals surface area (Å²) in [6.45, 7) is 0. The van der Waals surface area contributed by atoms with Gasteiger partial charge in [-0.3, -0.25) is 10.1 Å². The number of nitro benzene ring substituents is 1. The molecule has 6 nitrogen and oxygen atoms in total. The van der Waals surface area contributed by atoms with Crippen molar-refractivity contribution >= 4 is 27.5 Å². The van der Waals surface area contributed by atoms with E-state index in [1.807, 2.05) is 42.5 Å². The molecule has 22 heavy (non-hydrogen) atoms. The molecule has 1 aromatic heterocycles. The van der Waals surface area contributed by atoms with Crippen LogP contribution < -0.4 is 0 Å². The van der Waals surface area contributed by atoms with Crippen molar-refractivity contribution in [3.8, 4) is 5.69 Å². The largest absolute Gasteiger partial charge is 0.271 e. The molecule has 0 N–H and O–H groups in total. The summed E-state index contributed by atoms with van der Waals surface area (Å²) in [4.78, 5) is 11.9. The van der Waals surface area contributed by atoms with Crippen LogP contribution in [0.3, 0.4) is 0 Å². The predicted octanol–water partition coefficient (Wildman–Crippen LogP) is 3.48. The number of hydrogen-bond acceptors (Lipinski definition) is 4. The van der Waals surface area contributed by atoms with E-state index in [0.717, 1.165) is 16.5 Å². The number of hydrogen-bond donors (Lipinski definition) is 0. The molecule has 3 aromatic carbocycles. The molecule has 0 aliphatic heterocycles. The lowest BCUT2D eigenvalue weighted by atomic mass is 10.1. The van der Waals surface area contributed by atoms with Crippen LogP contribution >= 0.6 is 0 Å². The minimum absolute atomic E-state index is 0.0115. The van der Waals surface area contributed by atoms with E-state index in [4.69, 9.17) is 0 Å². The van der Waals surface area contributed by atoms with Crippen LogP contribution in [0.2, 0.25) is 0 Å². The number of benzene rings is 3. The van der Waals surface area contributed by atoms with Crippen molar-refractivity contribution in [3.63, 3.8) is 0 Å². The van der Waals surface area contributed by atoms with Crippen molar-refractivity contribution in [1.29, 1.82) is 0 Å². The second-order valence-electron chi connectivity index (χ2n) is 4.92. The number of aromatic nitrogens is 3. The molecule has 0 saturated heterocycles. The molecule has 0 fully saturated rings. The van der Waals surface area contributed by atoms with E-state index < -0.39 is 4.92 Å². The zero-order valence-corrected chi connectivity index (χ0v) is 11.4. The highest BCUT2D eigenvalue weighted by molar-refractivity contribution is 5.90. The van der Waals surface area contributed by atoms with Gasteiger partial charge in [-0.25, -0.2) is 0 Å². The fourth-order valence-corrected chi connectivity index (χ4v) is 2.51. The fraction of sp³-hybridized carbons (Fsp3) is 0. The minimum atomic E-state index is -0.434. The Morgan fingerprint density at radius 2 is 1.68 bits per heavy atom. The minimum Gasteiger partial charge on any atom is -0.258 e. The zero-order valence-electron chi connectivity index (χ0n) is 11.4. The van der Waals surface area contributed by atoms with Gasteiger partial charge in [0.2, 0.25) is 0 Å². The van der Waals surface area contributed by atoms with Crippen LogP contribution in [0.1, 0.15) is 0 Å². The van der Waals surface area contributed by atoms with E-state index in [1.165, 1.54) is 16.9 Å². The van der Waals surface area contributed by atoms with Crippen molar-refractivity contribution < 1.29 is 4.92 Å². The third-order valence-corrected chi connectivity index (χ3v) is 3.56. The quantitative estimate of drug-likeness (QED) is 0.418. The third kappa shape index (κ3) is 1.89. The molecule has 0 aliphatic rings. The first-order valence-electron chi connectivity index (χ1n) is 6.72.